The highest BCUT2D eigenvalue weighted by atomic mass is 35.5. The van der Waals surface area contributed by atoms with E-state index >= 15 is 0 Å². The predicted molar refractivity (Wildman–Crippen MR) is 147 cm³/mol. The van der Waals surface area contributed by atoms with Crippen LogP contribution in [0.25, 0.3) is 0 Å². The molecule has 2 aliphatic heterocycles. The summed E-state index contributed by atoms with van der Waals surface area (Å²) < 4.78 is 0.0534. The van der Waals surface area contributed by atoms with Crippen LogP contribution in [0.1, 0.15) is 24.2 Å². The molecule has 16 heteroatoms. The first-order valence-electron chi connectivity index (χ1n) is 11.4. The maximum absolute atomic E-state index is 13.1. The van der Waals surface area contributed by atoms with Gasteiger partial charge < -0.3 is 26.7 Å². The highest BCUT2D eigenvalue weighted by Crippen LogP contribution is 2.44. The molecule has 0 radical (unpaired) electrons. The standard InChI is InChI=1S/C22H24ClN7O5S3/c1-25-7-8-36-9-10-12(3-2-6-26-10)37-13-5-4-11-14(20(32)30(11)17(13)21(33)34)27-19(31)16(29-35)15-18(23)38-22(24)28-15/h2-3,6,11,14,25,35H,4-5,7-9H2,1H3,(H2,24,28)(H,27,31)(H,33,34)/t11-,14+/m1/s1. The number of amides is 2. The molecule has 12 nitrogen and oxygen atoms in total. The minimum Gasteiger partial charge on any atom is -0.477 e. The lowest BCUT2D eigenvalue weighted by atomic mass is 9.86. The zero-order valence-electron chi connectivity index (χ0n) is 20.0. The Kier molecular flexibility index (Phi) is 9.15. The number of carbonyl (C=O) groups is 3. The van der Waals surface area contributed by atoms with Gasteiger partial charge in [-0.25, -0.2) is 9.78 Å². The summed E-state index contributed by atoms with van der Waals surface area (Å²) in [6.45, 7) is 0.862. The lowest BCUT2D eigenvalue weighted by molar-refractivity contribution is -0.155. The molecule has 1 fully saturated rings. The van der Waals surface area contributed by atoms with Crippen molar-refractivity contribution in [3.8, 4) is 0 Å². The number of oxime groups is 1. The van der Waals surface area contributed by atoms with E-state index in [0.29, 0.717) is 23.5 Å². The summed E-state index contributed by atoms with van der Waals surface area (Å²) in [6.07, 6.45) is 2.52. The van der Waals surface area contributed by atoms with E-state index in [-0.39, 0.29) is 20.9 Å². The summed E-state index contributed by atoms with van der Waals surface area (Å²) in [5.74, 6) is -1.11. The fraction of sp³-hybridized carbons (Fsp3) is 0.364. The molecule has 6 N–H and O–H groups in total. The van der Waals surface area contributed by atoms with Crippen LogP contribution in [0.5, 0.6) is 0 Å². The molecule has 4 rings (SSSR count). The highest BCUT2D eigenvalue weighted by molar-refractivity contribution is 8.03. The molecule has 4 heterocycles. The Hall–Kier alpha value is -2.85. The number of carbonyl (C=O) groups excluding carboxylic acids is 2. The first-order chi connectivity index (χ1) is 18.3. The van der Waals surface area contributed by atoms with E-state index in [0.717, 1.165) is 34.2 Å². The van der Waals surface area contributed by atoms with Crippen LogP contribution in [0.15, 0.2) is 39.0 Å². The number of β-lactam (4-membered cyclic amide) rings is 1. The molecule has 2 aromatic heterocycles. The molecule has 0 unspecified atom stereocenters. The third-order valence-electron chi connectivity index (χ3n) is 5.84. The van der Waals surface area contributed by atoms with E-state index in [1.807, 2.05) is 13.1 Å². The second kappa shape index (κ2) is 12.3. The second-order valence-electron chi connectivity index (χ2n) is 8.17. The number of aromatic nitrogens is 2. The average Bonchev–Trinajstić information content (AvgIpc) is 3.23. The van der Waals surface area contributed by atoms with Gasteiger partial charge in [0.25, 0.3) is 11.8 Å². The molecular weight excluding hydrogens is 574 g/mol. The van der Waals surface area contributed by atoms with Gasteiger partial charge in [-0.2, -0.15) is 11.8 Å². The topological polar surface area (TPSA) is 183 Å². The monoisotopic (exact) mass is 597 g/mol. The summed E-state index contributed by atoms with van der Waals surface area (Å²) in [7, 11) is 1.89. The molecule has 0 aliphatic carbocycles. The van der Waals surface area contributed by atoms with Gasteiger partial charge in [-0.15, -0.1) is 0 Å². The van der Waals surface area contributed by atoms with Gasteiger partial charge >= 0.3 is 5.97 Å². The van der Waals surface area contributed by atoms with Gasteiger partial charge in [-0.05, 0) is 32.0 Å². The van der Waals surface area contributed by atoms with Crippen LogP contribution >= 0.6 is 46.5 Å². The lowest BCUT2D eigenvalue weighted by Crippen LogP contribution is -2.72. The molecule has 202 valence electrons. The van der Waals surface area contributed by atoms with E-state index in [2.05, 4.69) is 25.8 Å². The number of rotatable bonds is 11. The number of carboxylic acid groups (broad SMARTS) is 1. The number of nitrogens with one attached hydrogen (secondary N) is 2. The van der Waals surface area contributed by atoms with Crippen LogP contribution in [0.4, 0.5) is 5.13 Å². The van der Waals surface area contributed by atoms with Crippen LogP contribution in [-0.4, -0.2) is 80.1 Å². The number of anilines is 1. The SMILES string of the molecule is CNCCSCc1ncccc1SC1=C(C(=O)O)N2C(=O)[C@@H](NC(=O)C(=NO)c3nc(N)sc3Cl)[C@H]2CC1. The quantitative estimate of drug-likeness (QED) is 0.0839. The fourth-order valence-corrected chi connectivity index (χ4v) is 7.19. The van der Waals surface area contributed by atoms with Gasteiger partial charge in [0, 0.05) is 34.0 Å². The second-order valence-corrected chi connectivity index (χ2v) is 12.0. The van der Waals surface area contributed by atoms with Crippen molar-refractivity contribution in [2.75, 3.05) is 25.1 Å². The Bertz CT molecular complexity index is 1320. The predicted octanol–water partition coefficient (Wildman–Crippen LogP) is 1.98. The maximum atomic E-state index is 13.1. The first-order valence-corrected chi connectivity index (χ1v) is 14.5. The molecule has 0 saturated carbocycles. The van der Waals surface area contributed by atoms with Crippen LogP contribution in [0.2, 0.25) is 4.34 Å². The molecular formula is C22H24ClN7O5S3. The number of hydrogen-bond donors (Lipinski definition) is 5. The average molecular weight is 598 g/mol. The Morgan fingerprint density at radius 3 is 2.87 bits per heavy atom. The van der Waals surface area contributed by atoms with E-state index in [1.165, 1.54) is 16.7 Å². The number of nitrogens with two attached hydrogens (primary N) is 1. The summed E-state index contributed by atoms with van der Waals surface area (Å²) >= 11 is 9.94. The molecule has 2 amide bonds. The minimum absolute atomic E-state index is 0.0534. The largest absolute Gasteiger partial charge is 0.477 e. The van der Waals surface area contributed by atoms with Crippen molar-refractivity contribution >= 4 is 75.1 Å². The number of aliphatic carboxylic acids is 1. The van der Waals surface area contributed by atoms with Gasteiger partial charge in [0.2, 0.25) is 0 Å². The zero-order valence-corrected chi connectivity index (χ0v) is 23.2. The Labute approximate surface area is 235 Å². The van der Waals surface area contributed by atoms with Crippen molar-refractivity contribution in [3.05, 3.63) is 44.7 Å². The number of thioether (sulfide) groups is 2. The van der Waals surface area contributed by atoms with Crippen LogP contribution < -0.4 is 16.4 Å². The van der Waals surface area contributed by atoms with E-state index in [9.17, 15) is 24.7 Å². The number of allylic oxidation sites excluding steroid dienone is 1. The van der Waals surface area contributed by atoms with E-state index in [1.54, 1.807) is 24.0 Å². The first kappa shape index (κ1) is 28.2. The lowest BCUT2D eigenvalue weighted by Gasteiger charge is -2.50. The maximum Gasteiger partial charge on any atom is 0.353 e. The summed E-state index contributed by atoms with van der Waals surface area (Å²) in [6, 6.07) is 2.12. The number of pyridine rings is 1. The summed E-state index contributed by atoms with van der Waals surface area (Å²) in [5.41, 5.74) is 5.74. The molecule has 2 atom stereocenters. The van der Waals surface area contributed by atoms with Crippen molar-refractivity contribution in [1.82, 2.24) is 25.5 Å². The van der Waals surface area contributed by atoms with Gasteiger partial charge in [0.1, 0.15) is 21.8 Å². The van der Waals surface area contributed by atoms with Gasteiger partial charge in [-0.3, -0.25) is 19.5 Å². The smallest absolute Gasteiger partial charge is 0.353 e. The Morgan fingerprint density at radius 2 is 2.21 bits per heavy atom. The van der Waals surface area contributed by atoms with Crippen molar-refractivity contribution in [2.24, 2.45) is 5.16 Å². The minimum atomic E-state index is -1.23. The Balaban J connectivity index is 1.50. The van der Waals surface area contributed by atoms with Gasteiger partial charge in [0.05, 0.1) is 11.7 Å². The van der Waals surface area contributed by atoms with Crippen molar-refractivity contribution < 1.29 is 24.7 Å². The summed E-state index contributed by atoms with van der Waals surface area (Å²) in [5, 5.41) is 28.1. The number of hydrogen-bond acceptors (Lipinski definition) is 12. The van der Waals surface area contributed by atoms with E-state index in [4.69, 9.17) is 17.3 Å². The third-order valence-corrected chi connectivity index (χ3v) is 9.13. The molecule has 0 spiro atoms. The highest BCUT2D eigenvalue weighted by Gasteiger charge is 2.54. The Morgan fingerprint density at radius 1 is 1.42 bits per heavy atom. The number of fused-ring (bicyclic) bond motifs is 1. The van der Waals surface area contributed by atoms with E-state index < -0.39 is 35.6 Å². The third kappa shape index (κ3) is 5.76. The molecule has 0 aromatic carbocycles. The van der Waals surface area contributed by atoms with Crippen LogP contribution in [0, 0.1) is 0 Å². The number of thiazole rings is 1. The van der Waals surface area contributed by atoms with Gasteiger partial charge in [0.15, 0.2) is 10.8 Å². The molecule has 38 heavy (non-hydrogen) atoms. The number of carboxylic acids is 1. The summed E-state index contributed by atoms with van der Waals surface area (Å²) in [4.78, 5) is 49.1. The number of nitrogens with zero attached hydrogens (tertiary/aromatic N) is 4. The van der Waals surface area contributed by atoms with Crippen molar-refractivity contribution in [1.29, 1.82) is 0 Å². The number of halogens is 1. The van der Waals surface area contributed by atoms with Crippen molar-refractivity contribution in [2.45, 2.75) is 35.6 Å². The van der Waals surface area contributed by atoms with Gasteiger partial charge in [-0.1, -0.05) is 39.9 Å². The number of nitrogen functional groups attached to an aromatic ring is 1. The zero-order chi connectivity index (χ0) is 27.4. The van der Waals surface area contributed by atoms with Crippen LogP contribution in [-0.2, 0) is 20.1 Å². The molecule has 2 aromatic rings. The van der Waals surface area contributed by atoms with Crippen LogP contribution in [0.3, 0.4) is 0 Å². The fourth-order valence-electron chi connectivity index (χ4n) is 4.10. The van der Waals surface area contributed by atoms with Crippen molar-refractivity contribution in [3.63, 3.8) is 0 Å². The normalized spacial score (nSPS) is 19.3. The molecule has 2 aliphatic rings. The molecule has 1 saturated heterocycles. The molecule has 0 bridgehead atoms.